The summed E-state index contributed by atoms with van der Waals surface area (Å²) in [6, 6.07) is 3.49. The number of rotatable bonds is 5. The van der Waals surface area contributed by atoms with Crippen LogP contribution in [0.3, 0.4) is 0 Å². The first kappa shape index (κ1) is 16.5. The number of carbonyl (C=O) groups excluding carboxylic acids is 1. The van der Waals surface area contributed by atoms with E-state index in [-0.39, 0.29) is 11.4 Å². The molecule has 2 saturated heterocycles. The number of pyridine rings is 1. The molecule has 1 amide bonds. The number of morpholine rings is 1. The molecule has 6 nitrogen and oxygen atoms in total. The van der Waals surface area contributed by atoms with Crippen molar-refractivity contribution in [1.82, 2.24) is 15.2 Å². The van der Waals surface area contributed by atoms with E-state index < -0.39 is 0 Å². The van der Waals surface area contributed by atoms with E-state index in [1.165, 1.54) is 7.11 Å². The lowest BCUT2D eigenvalue weighted by atomic mass is 9.95. The first-order valence-corrected chi connectivity index (χ1v) is 9.08. The molecule has 2 aliphatic rings. The molecule has 1 N–H and O–H groups in total. The molecule has 1 atom stereocenters. The number of thioether (sulfide) groups is 1. The maximum Gasteiger partial charge on any atom is 0.256 e. The van der Waals surface area contributed by atoms with Crippen LogP contribution in [0.5, 0.6) is 5.88 Å². The largest absolute Gasteiger partial charge is 0.480 e. The smallest absolute Gasteiger partial charge is 0.256 e. The molecule has 0 unspecified atom stereocenters. The van der Waals surface area contributed by atoms with Gasteiger partial charge >= 0.3 is 0 Å². The Morgan fingerprint density at radius 2 is 2.35 bits per heavy atom. The Balaban J connectivity index is 1.68. The molecular weight excluding hydrogens is 314 g/mol. The Morgan fingerprint density at radius 1 is 1.52 bits per heavy atom. The molecule has 2 fully saturated rings. The summed E-state index contributed by atoms with van der Waals surface area (Å²) in [4.78, 5) is 19.1. The van der Waals surface area contributed by atoms with Gasteiger partial charge in [-0.25, -0.2) is 4.98 Å². The molecule has 0 aliphatic carbocycles. The zero-order valence-electron chi connectivity index (χ0n) is 13.4. The van der Waals surface area contributed by atoms with Crippen LogP contribution in [0.25, 0.3) is 0 Å². The lowest BCUT2D eigenvalue weighted by Crippen LogP contribution is -2.59. The summed E-state index contributed by atoms with van der Waals surface area (Å²) in [6.07, 6.45) is 2.72. The van der Waals surface area contributed by atoms with E-state index in [0.717, 1.165) is 44.2 Å². The van der Waals surface area contributed by atoms with Gasteiger partial charge in [0.05, 0.1) is 20.3 Å². The second-order valence-electron chi connectivity index (χ2n) is 5.87. The number of hydrogen-bond acceptors (Lipinski definition) is 6. The van der Waals surface area contributed by atoms with Crippen LogP contribution in [-0.4, -0.2) is 72.8 Å². The summed E-state index contributed by atoms with van der Waals surface area (Å²) in [5.41, 5.74) is 0.525. The number of nitrogens with one attached hydrogen (secondary N) is 1. The summed E-state index contributed by atoms with van der Waals surface area (Å²) in [5, 5.41) is 3.10. The highest BCUT2D eigenvalue weighted by Gasteiger charge is 2.41. The van der Waals surface area contributed by atoms with Gasteiger partial charge in [-0.15, -0.1) is 0 Å². The number of hydrogen-bond donors (Lipinski definition) is 1. The van der Waals surface area contributed by atoms with Crippen molar-refractivity contribution in [1.29, 1.82) is 0 Å². The van der Waals surface area contributed by atoms with Crippen LogP contribution in [0.1, 0.15) is 16.8 Å². The SMILES string of the molecule is COc1ncccc1C(=O)NC[C@@]1(N2CCOCC2)CCSC1. The third kappa shape index (κ3) is 3.62. The second kappa shape index (κ2) is 7.51. The number of methoxy groups -OCH3 is 1. The van der Waals surface area contributed by atoms with E-state index in [0.29, 0.717) is 18.0 Å². The Kier molecular flexibility index (Phi) is 5.40. The molecule has 0 saturated carbocycles. The molecule has 1 aromatic heterocycles. The quantitative estimate of drug-likeness (QED) is 0.866. The van der Waals surface area contributed by atoms with Gasteiger partial charge in [0.1, 0.15) is 5.56 Å². The predicted molar refractivity (Wildman–Crippen MR) is 90.2 cm³/mol. The zero-order chi connectivity index (χ0) is 16.1. The first-order valence-electron chi connectivity index (χ1n) is 7.93. The van der Waals surface area contributed by atoms with Gasteiger partial charge in [-0.1, -0.05) is 0 Å². The lowest BCUT2D eigenvalue weighted by molar-refractivity contribution is -0.0129. The average Bonchev–Trinajstić information content (AvgIpc) is 3.10. The highest BCUT2D eigenvalue weighted by atomic mass is 32.2. The molecular formula is C16H23N3O3S. The van der Waals surface area contributed by atoms with Crippen molar-refractivity contribution in [3.05, 3.63) is 23.9 Å². The Morgan fingerprint density at radius 3 is 3.04 bits per heavy atom. The second-order valence-corrected chi connectivity index (χ2v) is 6.97. The third-order valence-corrected chi connectivity index (χ3v) is 5.79. The maximum absolute atomic E-state index is 12.5. The predicted octanol–water partition coefficient (Wildman–Crippen LogP) is 1.03. The van der Waals surface area contributed by atoms with Gasteiger partial charge in [-0.05, 0) is 24.3 Å². The number of carbonyl (C=O) groups is 1. The van der Waals surface area contributed by atoms with Crippen molar-refractivity contribution in [2.24, 2.45) is 0 Å². The Hall–Kier alpha value is -1.31. The van der Waals surface area contributed by atoms with Gasteiger partial charge in [0, 0.05) is 37.1 Å². The van der Waals surface area contributed by atoms with Crippen molar-refractivity contribution < 1.29 is 14.3 Å². The van der Waals surface area contributed by atoms with E-state index in [4.69, 9.17) is 9.47 Å². The summed E-state index contributed by atoms with van der Waals surface area (Å²) >= 11 is 1.96. The lowest BCUT2D eigenvalue weighted by Gasteiger charge is -2.43. The van der Waals surface area contributed by atoms with Crippen molar-refractivity contribution in [2.45, 2.75) is 12.0 Å². The fourth-order valence-electron chi connectivity index (χ4n) is 3.20. The highest BCUT2D eigenvalue weighted by Crippen LogP contribution is 2.33. The molecule has 3 rings (SSSR count). The van der Waals surface area contributed by atoms with Crippen LogP contribution in [0.4, 0.5) is 0 Å². The molecule has 7 heteroatoms. The molecule has 0 aromatic carbocycles. The van der Waals surface area contributed by atoms with Crippen molar-refractivity contribution in [3.63, 3.8) is 0 Å². The molecule has 23 heavy (non-hydrogen) atoms. The minimum Gasteiger partial charge on any atom is -0.480 e. The van der Waals surface area contributed by atoms with Crippen molar-refractivity contribution in [2.75, 3.05) is 51.5 Å². The van der Waals surface area contributed by atoms with E-state index in [1.54, 1.807) is 18.3 Å². The first-order chi connectivity index (χ1) is 11.2. The van der Waals surface area contributed by atoms with Crippen molar-refractivity contribution >= 4 is 17.7 Å². The van der Waals surface area contributed by atoms with Gasteiger partial charge in [-0.3, -0.25) is 9.69 Å². The van der Waals surface area contributed by atoms with Gasteiger partial charge in [0.25, 0.3) is 5.91 Å². The van der Waals surface area contributed by atoms with Gasteiger partial charge < -0.3 is 14.8 Å². The van der Waals surface area contributed by atoms with Crippen LogP contribution >= 0.6 is 11.8 Å². The van der Waals surface area contributed by atoms with Crippen molar-refractivity contribution in [3.8, 4) is 5.88 Å². The van der Waals surface area contributed by atoms with Crippen LogP contribution in [0.15, 0.2) is 18.3 Å². The monoisotopic (exact) mass is 337 g/mol. The number of aromatic nitrogens is 1. The maximum atomic E-state index is 12.5. The number of nitrogens with zero attached hydrogens (tertiary/aromatic N) is 2. The molecule has 3 heterocycles. The fourth-order valence-corrected chi connectivity index (χ4v) is 4.68. The van der Waals surface area contributed by atoms with E-state index in [1.807, 2.05) is 11.8 Å². The van der Waals surface area contributed by atoms with Gasteiger partial charge in [0.2, 0.25) is 5.88 Å². The molecule has 126 valence electrons. The average molecular weight is 337 g/mol. The topological polar surface area (TPSA) is 63.7 Å². The summed E-state index contributed by atoms with van der Waals surface area (Å²) < 4.78 is 10.6. The third-order valence-electron chi connectivity index (χ3n) is 4.55. The van der Waals surface area contributed by atoms with E-state index in [2.05, 4.69) is 15.2 Å². The summed E-state index contributed by atoms with van der Waals surface area (Å²) in [5.74, 6) is 2.44. The summed E-state index contributed by atoms with van der Waals surface area (Å²) in [6.45, 7) is 4.07. The van der Waals surface area contributed by atoms with Crippen LogP contribution < -0.4 is 10.1 Å². The van der Waals surface area contributed by atoms with Crippen LogP contribution in [0.2, 0.25) is 0 Å². The fraction of sp³-hybridized carbons (Fsp3) is 0.625. The van der Waals surface area contributed by atoms with E-state index in [9.17, 15) is 4.79 Å². The molecule has 0 radical (unpaired) electrons. The molecule has 1 aromatic rings. The summed E-state index contributed by atoms with van der Waals surface area (Å²) in [7, 11) is 1.53. The van der Waals surface area contributed by atoms with Crippen LogP contribution in [-0.2, 0) is 4.74 Å². The minimum atomic E-state index is -0.125. The standard InChI is InChI=1S/C16H23N3O3S/c1-21-15-13(3-2-5-17-15)14(20)18-11-16(4-10-23-12-16)19-6-8-22-9-7-19/h2-3,5H,4,6-12H2,1H3,(H,18,20)/t16-/m0/s1. The Bertz CT molecular complexity index is 543. The van der Waals surface area contributed by atoms with E-state index >= 15 is 0 Å². The number of amides is 1. The van der Waals surface area contributed by atoms with Crippen LogP contribution in [0, 0.1) is 0 Å². The van der Waals surface area contributed by atoms with Gasteiger partial charge in [-0.2, -0.15) is 11.8 Å². The minimum absolute atomic E-state index is 0.0412. The molecule has 0 spiro atoms. The Labute approximate surface area is 140 Å². The van der Waals surface area contributed by atoms with Gasteiger partial charge in [0.15, 0.2) is 0 Å². The normalized spacial score (nSPS) is 25.3. The molecule has 2 aliphatic heterocycles. The highest BCUT2D eigenvalue weighted by molar-refractivity contribution is 7.99. The molecule has 0 bridgehead atoms. The zero-order valence-corrected chi connectivity index (χ0v) is 14.2. The number of ether oxygens (including phenoxy) is 2.